The van der Waals surface area contributed by atoms with Crippen LogP contribution in [0, 0.1) is 0 Å². The highest BCUT2D eigenvalue weighted by atomic mass is 16.6. The number of hydrogen-bond acceptors (Lipinski definition) is 3. The SMILES string of the molecule is CC(C)(C)c1ccc(CC(=O)OC2(c3ccccc3)CCNCC2)cc1. The molecule has 2 aromatic rings. The maximum atomic E-state index is 12.7. The summed E-state index contributed by atoms with van der Waals surface area (Å²) < 4.78 is 6.09. The highest BCUT2D eigenvalue weighted by Gasteiger charge is 2.37. The largest absolute Gasteiger partial charge is 0.454 e. The Morgan fingerprint density at radius 2 is 1.62 bits per heavy atom. The Balaban J connectivity index is 1.72. The first-order valence-corrected chi connectivity index (χ1v) is 9.47. The van der Waals surface area contributed by atoms with E-state index in [1.54, 1.807) is 0 Å². The van der Waals surface area contributed by atoms with Gasteiger partial charge in [0.1, 0.15) is 5.60 Å². The third-order valence-electron chi connectivity index (χ3n) is 5.19. The summed E-state index contributed by atoms with van der Waals surface area (Å²) in [6.45, 7) is 8.30. The molecule has 1 saturated heterocycles. The molecule has 3 heteroatoms. The van der Waals surface area contributed by atoms with E-state index in [0.29, 0.717) is 6.42 Å². The normalized spacial score (nSPS) is 16.9. The quantitative estimate of drug-likeness (QED) is 0.832. The number of esters is 1. The van der Waals surface area contributed by atoms with Crippen LogP contribution in [0.2, 0.25) is 0 Å². The molecule has 0 saturated carbocycles. The molecule has 3 nitrogen and oxygen atoms in total. The molecule has 0 atom stereocenters. The predicted octanol–water partition coefficient (Wildman–Crippen LogP) is 4.35. The van der Waals surface area contributed by atoms with Crippen LogP contribution in [0.5, 0.6) is 0 Å². The second-order valence-electron chi connectivity index (χ2n) is 8.21. The number of piperidine rings is 1. The third-order valence-corrected chi connectivity index (χ3v) is 5.19. The Morgan fingerprint density at radius 3 is 2.19 bits per heavy atom. The molecule has 3 rings (SSSR count). The fourth-order valence-electron chi connectivity index (χ4n) is 3.57. The van der Waals surface area contributed by atoms with Gasteiger partial charge in [0.15, 0.2) is 0 Å². The fourth-order valence-corrected chi connectivity index (χ4v) is 3.57. The average molecular weight is 351 g/mol. The van der Waals surface area contributed by atoms with Crippen LogP contribution in [0.4, 0.5) is 0 Å². The van der Waals surface area contributed by atoms with Crippen LogP contribution >= 0.6 is 0 Å². The number of benzene rings is 2. The van der Waals surface area contributed by atoms with Gasteiger partial charge in [0.25, 0.3) is 0 Å². The maximum Gasteiger partial charge on any atom is 0.311 e. The van der Waals surface area contributed by atoms with E-state index in [1.807, 2.05) is 30.3 Å². The van der Waals surface area contributed by atoms with Gasteiger partial charge in [-0.3, -0.25) is 4.79 Å². The van der Waals surface area contributed by atoms with Gasteiger partial charge in [-0.05, 0) is 35.2 Å². The molecular weight excluding hydrogens is 322 g/mol. The van der Waals surface area contributed by atoms with Gasteiger partial charge in [0.2, 0.25) is 0 Å². The first-order chi connectivity index (χ1) is 12.4. The molecule has 1 N–H and O–H groups in total. The van der Waals surface area contributed by atoms with Crippen LogP contribution in [0.15, 0.2) is 54.6 Å². The predicted molar refractivity (Wildman–Crippen MR) is 105 cm³/mol. The lowest BCUT2D eigenvalue weighted by atomic mass is 9.84. The van der Waals surface area contributed by atoms with Crippen molar-refractivity contribution in [3.05, 3.63) is 71.3 Å². The molecule has 1 aliphatic rings. The summed E-state index contributed by atoms with van der Waals surface area (Å²) >= 11 is 0. The minimum Gasteiger partial charge on any atom is -0.454 e. The van der Waals surface area contributed by atoms with Gasteiger partial charge in [-0.15, -0.1) is 0 Å². The standard InChI is InChI=1S/C23H29NO2/c1-22(2,3)19-11-9-18(10-12-19)17-21(25)26-23(13-15-24-16-14-23)20-7-5-4-6-8-20/h4-12,24H,13-17H2,1-3H3. The second kappa shape index (κ2) is 7.63. The highest BCUT2D eigenvalue weighted by Crippen LogP contribution is 2.35. The topological polar surface area (TPSA) is 38.3 Å². The van der Waals surface area contributed by atoms with Gasteiger partial charge >= 0.3 is 5.97 Å². The summed E-state index contributed by atoms with van der Waals surface area (Å²) in [5.41, 5.74) is 2.98. The van der Waals surface area contributed by atoms with Crippen molar-refractivity contribution in [2.45, 2.75) is 51.0 Å². The molecule has 0 aromatic heterocycles. The maximum absolute atomic E-state index is 12.7. The van der Waals surface area contributed by atoms with Gasteiger partial charge in [-0.1, -0.05) is 75.4 Å². The van der Waals surface area contributed by atoms with E-state index in [9.17, 15) is 4.79 Å². The van der Waals surface area contributed by atoms with Crippen molar-refractivity contribution in [1.82, 2.24) is 5.32 Å². The number of ether oxygens (including phenoxy) is 1. The molecule has 1 fully saturated rings. The van der Waals surface area contributed by atoms with Crippen LogP contribution in [-0.4, -0.2) is 19.1 Å². The molecule has 0 unspecified atom stereocenters. The number of hydrogen-bond donors (Lipinski definition) is 1. The van der Waals surface area contributed by atoms with Crippen LogP contribution < -0.4 is 5.32 Å². The number of rotatable bonds is 4. The minimum absolute atomic E-state index is 0.117. The zero-order valence-electron chi connectivity index (χ0n) is 16.0. The van der Waals surface area contributed by atoms with E-state index in [0.717, 1.165) is 37.1 Å². The number of carbonyl (C=O) groups is 1. The Labute approximate surface area is 156 Å². The van der Waals surface area contributed by atoms with Gasteiger partial charge in [-0.25, -0.2) is 0 Å². The molecule has 26 heavy (non-hydrogen) atoms. The van der Waals surface area contributed by atoms with E-state index in [-0.39, 0.29) is 11.4 Å². The van der Waals surface area contributed by atoms with Crippen LogP contribution in [-0.2, 0) is 27.0 Å². The molecular formula is C23H29NO2. The molecule has 2 aromatic carbocycles. The number of carbonyl (C=O) groups excluding carboxylic acids is 1. The van der Waals surface area contributed by atoms with Gasteiger partial charge in [-0.2, -0.15) is 0 Å². The van der Waals surface area contributed by atoms with Gasteiger partial charge in [0, 0.05) is 12.8 Å². The number of nitrogens with one attached hydrogen (secondary N) is 1. The zero-order chi connectivity index (χ0) is 18.6. The zero-order valence-corrected chi connectivity index (χ0v) is 16.0. The van der Waals surface area contributed by atoms with E-state index in [4.69, 9.17) is 4.74 Å². The summed E-state index contributed by atoms with van der Waals surface area (Å²) in [6.07, 6.45) is 1.93. The van der Waals surface area contributed by atoms with Gasteiger partial charge in [0.05, 0.1) is 6.42 Å². The Hall–Kier alpha value is -2.13. The van der Waals surface area contributed by atoms with Gasteiger partial charge < -0.3 is 10.1 Å². The van der Waals surface area contributed by atoms with Crippen molar-refractivity contribution in [2.75, 3.05) is 13.1 Å². The fraction of sp³-hybridized carbons (Fsp3) is 0.435. The summed E-state index contributed by atoms with van der Waals surface area (Å²) in [5.74, 6) is -0.153. The molecule has 0 radical (unpaired) electrons. The molecule has 0 amide bonds. The highest BCUT2D eigenvalue weighted by molar-refractivity contribution is 5.73. The molecule has 0 bridgehead atoms. The molecule has 0 spiro atoms. The summed E-state index contributed by atoms with van der Waals surface area (Å²) in [7, 11) is 0. The van der Waals surface area contributed by atoms with Crippen molar-refractivity contribution in [3.8, 4) is 0 Å². The minimum atomic E-state index is -0.505. The Morgan fingerprint density at radius 1 is 1.00 bits per heavy atom. The van der Waals surface area contributed by atoms with Crippen molar-refractivity contribution >= 4 is 5.97 Å². The van der Waals surface area contributed by atoms with Crippen molar-refractivity contribution in [3.63, 3.8) is 0 Å². The molecule has 1 aliphatic heterocycles. The third kappa shape index (κ3) is 4.34. The van der Waals surface area contributed by atoms with E-state index in [1.165, 1.54) is 5.56 Å². The van der Waals surface area contributed by atoms with Crippen LogP contribution in [0.1, 0.15) is 50.3 Å². The van der Waals surface area contributed by atoms with Crippen molar-refractivity contribution < 1.29 is 9.53 Å². The lowest BCUT2D eigenvalue weighted by Gasteiger charge is -2.37. The summed E-state index contributed by atoms with van der Waals surface area (Å²) in [4.78, 5) is 12.7. The lowest BCUT2D eigenvalue weighted by molar-refractivity contribution is -0.163. The second-order valence-corrected chi connectivity index (χ2v) is 8.21. The Kier molecular flexibility index (Phi) is 5.47. The summed E-state index contributed by atoms with van der Waals surface area (Å²) in [5, 5.41) is 3.36. The van der Waals surface area contributed by atoms with E-state index < -0.39 is 5.60 Å². The van der Waals surface area contributed by atoms with Crippen LogP contribution in [0.25, 0.3) is 0 Å². The van der Waals surface area contributed by atoms with Crippen molar-refractivity contribution in [2.24, 2.45) is 0 Å². The molecule has 0 aliphatic carbocycles. The first kappa shape index (κ1) is 18.7. The molecule has 138 valence electrons. The Bertz CT molecular complexity index is 723. The first-order valence-electron chi connectivity index (χ1n) is 9.47. The average Bonchev–Trinajstić information content (AvgIpc) is 2.63. The monoisotopic (exact) mass is 351 g/mol. The summed E-state index contributed by atoms with van der Waals surface area (Å²) in [6, 6.07) is 18.5. The smallest absolute Gasteiger partial charge is 0.311 e. The van der Waals surface area contributed by atoms with Crippen LogP contribution in [0.3, 0.4) is 0 Å². The lowest BCUT2D eigenvalue weighted by Crippen LogP contribution is -2.43. The molecule has 1 heterocycles. The van der Waals surface area contributed by atoms with E-state index >= 15 is 0 Å². The van der Waals surface area contributed by atoms with E-state index in [2.05, 4.69) is 50.4 Å². The van der Waals surface area contributed by atoms with Crippen molar-refractivity contribution in [1.29, 1.82) is 0 Å².